The maximum Gasteiger partial charge on any atom is 0.250 e. The summed E-state index contributed by atoms with van der Waals surface area (Å²) in [6.45, 7) is 2.58. The molecule has 0 N–H and O–H groups in total. The standard InChI is InChI=1S/C18H22FN5O2/c1-23(2)15-8-16(22-12-21-15)24-10-18(11-24)13(5-7-26-18)9-25-17-14(19)4-3-6-20-17/h3-4,6,8,12-13H,5,7,9-11H2,1-2H3. The average Bonchev–Trinajstić information content (AvgIpc) is 3.04. The molecule has 2 aromatic heterocycles. The van der Waals surface area contributed by atoms with Gasteiger partial charge in [-0.2, -0.15) is 0 Å². The van der Waals surface area contributed by atoms with Crippen molar-refractivity contribution in [3.63, 3.8) is 0 Å². The Morgan fingerprint density at radius 2 is 2.19 bits per heavy atom. The van der Waals surface area contributed by atoms with Crippen molar-refractivity contribution in [2.24, 2.45) is 5.92 Å². The lowest BCUT2D eigenvalue weighted by atomic mass is 9.81. The molecular formula is C18H22FN5O2. The van der Waals surface area contributed by atoms with Gasteiger partial charge in [0.1, 0.15) is 23.6 Å². The van der Waals surface area contributed by atoms with E-state index in [4.69, 9.17) is 9.47 Å². The molecule has 2 aromatic rings. The van der Waals surface area contributed by atoms with Gasteiger partial charge in [-0.05, 0) is 18.6 Å². The van der Waals surface area contributed by atoms with Crippen molar-refractivity contribution >= 4 is 11.6 Å². The first-order valence-electron chi connectivity index (χ1n) is 8.69. The van der Waals surface area contributed by atoms with Crippen molar-refractivity contribution in [3.8, 4) is 5.88 Å². The second kappa shape index (κ2) is 6.68. The number of aromatic nitrogens is 3. The number of nitrogens with zero attached hydrogens (tertiary/aromatic N) is 5. The van der Waals surface area contributed by atoms with Crippen molar-refractivity contribution in [1.29, 1.82) is 0 Å². The molecule has 138 valence electrons. The number of ether oxygens (including phenoxy) is 2. The molecular weight excluding hydrogens is 337 g/mol. The van der Waals surface area contributed by atoms with Crippen molar-refractivity contribution in [3.05, 3.63) is 36.5 Å². The Kier molecular flexibility index (Phi) is 4.36. The Bertz CT molecular complexity index is 782. The Balaban J connectivity index is 1.40. The molecule has 0 aromatic carbocycles. The summed E-state index contributed by atoms with van der Waals surface area (Å²) < 4.78 is 25.4. The van der Waals surface area contributed by atoms with Crippen molar-refractivity contribution in [2.75, 3.05) is 50.2 Å². The summed E-state index contributed by atoms with van der Waals surface area (Å²) in [5.41, 5.74) is -0.255. The Hall–Kier alpha value is -2.48. The fourth-order valence-electron chi connectivity index (χ4n) is 3.54. The van der Waals surface area contributed by atoms with Crippen LogP contribution in [0.2, 0.25) is 0 Å². The molecule has 2 aliphatic rings. The van der Waals surface area contributed by atoms with Gasteiger partial charge in [0, 0.05) is 38.9 Å². The van der Waals surface area contributed by atoms with Crippen LogP contribution in [0, 0.1) is 11.7 Å². The average molecular weight is 359 g/mol. The summed E-state index contributed by atoms with van der Waals surface area (Å²) >= 11 is 0. The van der Waals surface area contributed by atoms with Gasteiger partial charge in [0.2, 0.25) is 5.88 Å². The smallest absolute Gasteiger partial charge is 0.250 e. The molecule has 1 spiro atoms. The van der Waals surface area contributed by atoms with Crippen molar-refractivity contribution in [1.82, 2.24) is 15.0 Å². The molecule has 0 saturated carbocycles. The van der Waals surface area contributed by atoms with Crippen LogP contribution in [0.4, 0.5) is 16.0 Å². The zero-order chi connectivity index (χ0) is 18.1. The lowest BCUT2D eigenvalue weighted by Gasteiger charge is -2.50. The topological polar surface area (TPSA) is 63.6 Å². The summed E-state index contributed by atoms with van der Waals surface area (Å²) in [5, 5.41) is 0. The van der Waals surface area contributed by atoms with E-state index in [1.807, 2.05) is 25.1 Å². The normalized spacial score (nSPS) is 20.9. The highest BCUT2D eigenvalue weighted by Crippen LogP contribution is 2.41. The third-order valence-electron chi connectivity index (χ3n) is 5.08. The first kappa shape index (κ1) is 17.0. The second-order valence-corrected chi connectivity index (χ2v) is 6.99. The van der Waals surface area contributed by atoms with E-state index in [1.165, 1.54) is 12.3 Å². The third-order valence-corrected chi connectivity index (χ3v) is 5.08. The minimum absolute atomic E-state index is 0.0529. The maximum absolute atomic E-state index is 13.7. The van der Waals surface area contributed by atoms with Crippen LogP contribution in [0.15, 0.2) is 30.7 Å². The number of hydrogen-bond donors (Lipinski definition) is 0. The highest BCUT2D eigenvalue weighted by Gasteiger charge is 2.53. The van der Waals surface area contributed by atoms with Gasteiger partial charge in [-0.3, -0.25) is 0 Å². The van der Waals surface area contributed by atoms with Crippen LogP contribution < -0.4 is 14.5 Å². The lowest BCUT2D eigenvalue weighted by molar-refractivity contribution is -0.0531. The molecule has 0 radical (unpaired) electrons. The molecule has 7 nitrogen and oxygen atoms in total. The summed E-state index contributed by atoms with van der Waals surface area (Å²) in [6.07, 6.45) is 4.01. The number of pyridine rings is 1. The molecule has 2 saturated heterocycles. The zero-order valence-corrected chi connectivity index (χ0v) is 14.9. The molecule has 0 bridgehead atoms. The predicted molar refractivity (Wildman–Crippen MR) is 95.1 cm³/mol. The minimum atomic E-state index is -0.437. The first-order valence-corrected chi connectivity index (χ1v) is 8.69. The summed E-state index contributed by atoms with van der Waals surface area (Å²) in [4.78, 5) is 16.7. The monoisotopic (exact) mass is 359 g/mol. The van der Waals surface area contributed by atoms with E-state index in [9.17, 15) is 4.39 Å². The van der Waals surface area contributed by atoms with Crippen LogP contribution in [-0.4, -0.2) is 61.0 Å². The van der Waals surface area contributed by atoms with Gasteiger partial charge in [-0.15, -0.1) is 0 Å². The van der Waals surface area contributed by atoms with E-state index in [-0.39, 0.29) is 17.4 Å². The number of rotatable bonds is 5. The highest BCUT2D eigenvalue weighted by atomic mass is 19.1. The largest absolute Gasteiger partial charge is 0.475 e. The number of halogens is 1. The van der Waals surface area contributed by atoms with Crippen molar-refractivity contribution in [2.45, 2.75) is 12.0 Å². The van der Waals surface area contributed by atoms with Gasteiger partial charge in [0.15, 0.2) is 5.82 Å². The molecule has 0 aliphatic carbocycles. The van der Waals surface area contributed by atoms with E-state index >= 15 is 0 Å². The quantitative estimate of drug-likeness (QED) is 0.806. The van der Waals surface area contributed by atoms with Gasteiger partial charge in [-0.1, -0.05) is 0 Å². The first-order chi connectivity index (χ1) is 12.6. The van der Waals surface area contributed by atoms with E-state index in [1.54, 1.807) is 12.4 Å². The van der Waals surface area contributed by atoms with Crippen molar-refractivity contribution < 1.29 is 13.9 Å². The number of anilines is 2. The van der Waals surface area contributed by atoms with E-state index in [2.05, 4.69) is 19.9 Å². The molecule has 2 aliphatic heterocycles. The van der Waals surface area contributed by atoms with Gasteiger partial charge in [0.05, 0.1) is 19.7 Å². The van der Waals surface area contributed by atoms with E-state index in [0.29, 0.717) is 13.2 Å². The summed E-state index contributed by atoms with van der Waals surface area (Å²) in [5.74, 6) is 1.58. The van der Waals surface area contributed by atoms with Crippen LogP contribution in [0.1, 0.15) is 6.42 Å². The third kappa shape index (κ3) is 3.05. The lowest BCUT2D eigenvalue weighted by Crippen LogP contribution is -2.66. The molecule has 8 heteroatoms. The van der Waals surface area contributed by atoms with E-state index in [0.717, 1.165) is 31.1 Å². The second-order valence-electron chi connectivity index (χ2n) is 6.99. The van der Waals surface area contributed by atoms with Gasteiger partial charge in [-0.25, -0.2) is 19.3 Å². The molecule has 4 rings (SSSR count). The van der Waals surface area contributed by atoms with Crippen LogP contribution in [-0.2, 0) is 4.74 Å². The predicted octanol–water partition coefficient (Wildman–Crippen LogP) is 1.75. The molecule has 0 amide bonds. The number of hydrogen-bond acceptors (Lipinski definition) is 7. The Morgan fingerprint density at radius 3 is 2.96 bits per heavy atom. The van der Waals surface area contributed by atoms with Crippen LogP contribution in [0.3, 0.4) is 0 Å². The molecule has 26 heavy (non-hydrogen) atoms. The van der Waals surface area contributed by atoms with E-state index < -0.39 is 5.82 Å². The zero-order valence-electron chi connectivity index (χ0n) is 14.9. The summed E-state index contributed by atoms with van der Waals surface area (Å²) in [6, 6.07) is 4.87. The minimum Gasteiger partial charge on any atom is -0.475 e. The highest BCUT2D eigenvalue weighted by molar-refractivity contribution is 5.52. The summed E-state index contributed by atoms with van der Waals surface area (Å²) in [7, 11) is 3.90. The molecule has 2 fully saturated rings. The molecule has 1 atom stereocenters. The van der Waals surface area contributed by atoms with Gasteiger partial charge in [0.25, 0.3) is 0 Å². The maximum atomic E-state index is 13.7. The Morgan fingerprint density at radius 1 is 1.35 bits per heavy atom. The Labute approximate surface area is 151 Å². The molecule has 1 unspecified atom stereocenters. The van der Waals surface area contributed by atoms with Crippen LogP contribution >= 0.6 is 0 Å². The SMILES string of the molecule is CN(C)c1cc(N2CC3(C2)OCCC3COc2ncccc2F)ncn1. The van der Waals surface area contributed by atoms with Crippen LogP contribution in [0.5, 0.6) is 5.88 Å². The fourth-order valence-corrected chi connectivity index (χ4v) is 3.54. The molecule has 4 heterocycles. The van der Waals surface area contributed by atoms with Gasteiger partial charge < -0.3 is 19.3 Å². The fraction of sp³-hybridized carbons (Fsp3) is 0.500. The van der Waals surface area contributed by atoms with Gasteiger partial charge >= 0.3 is 0 Å². The van der Waals surface area contributed by atoms with Crippen LogP contribution in [0.25, 0.3) is 0 Å².